The molecule has 2 amide bonds. The smallest absolute Gasteiger partial charge is 0.388 e. The van der Waals surface area contributed by atoms with Gasteiger partial charge < -0.3 is 21.1 Å². The molecule has 0 bridgehead atoms. The van der Waals surface area contributed by atoms with E-state index in [0.29, 0.717) is 47.6 Å². The number of carbonyl (C=O) groups excluding carboxylic acids is 2. The van der Waals surface area contributed by atoms with E-state index in [1.165, 1.54) is 46.0 Å². The Labute approximate surface area is 330 Å². The lowest BCUT2D eigenvalue weighted by Crippen LogP contribution is -2.51. The van der Waals surface area contributed by atoms with Gasteiger partial charge in [-0.1, -0.05) is 60.1 Å². The Morgan fingerprint density at radius 2 is 1.72 bits per heavy atom. The highest BCUT2D eigenvalue weighted by Gasteiger charge is 2.38. The number of carbonyl (C=O) groups is 2. The summed E-state index contributed by atoms with van der Waals surface area (Å²) in [6.07, 6.45) is 1.72. The summed E-state index contributed by atoms with van der Waals surface area (Å²) in [5.74, 6) is -0.637. The zero-order valence-electron chi connectivity index (χ0n) is 30.7. The van der Waals surface area contributed by atoms with Crippen LogP contribution in [0.2, 0.25) is 5.02 Å². The van der Waals surface area contributed by atoms with Crippen LogP contribution in [0.1, 0.15) is 53.2 Å². The molecule has 0 saturated carbocycles. The van der Waals surface area contributed by atoms with Crippen LogP contribution in [0.4, 0.5) is 13.2 Å². The van der Waals surface area contributed by atoms with Gasteiger partial charge in [-0.15, -0.1) is 0 Å². The number of nitrogens with one attached hydrogen (secondary N) is 1. The van der Waals surface area contributed by atoms with E-state index in [9.17, 15) is 32.7 Å². The molecule has 3 aromatic carbocycles. The molecule has 0 spiro atoms. The van der Waals surface area contributed by atoms with Crippen molar-refractivity contribution in [2.45, 2.75) is 56.5 Å². The second-order valence-electron chi connectivity index (χ2n) is 14.4. The Hall–Kier alpha value is -5.64. The number of amides is 2. The van der Waals surface area contributed by atoms with Gasteiger partial charge in [-0.2, -0.15) is 18.3 Å². The van der Waals surface area contributed by atoms with Crippen molar-refractivity contribution in [3.8, 4) is 5.69 Å². The first-order valence-electron chi connectivity index (χ1n) is 18.5. The number of benzene rings is 3. The first kappa shape index (κ1) is 39.6. The molecule has 1 aliphatic rings. The van der Waals surface area contributed by atoms with E-state index in [-0.39, 0.29) is 66.8 Å². The van der Waals surface area contributed by atoms with Crippen LogP contribution in [-0.4, -0.2) is 77.5 Å². The molecule has 1 aliphatic heterocycles. The predicted molar refractivity (Wildman–Crippen MR) is 209 cm³/mol. The molecule has 57 heavy (non-hydrogen) atoms. The first-order chi connectivity index (χ1) is 27.3. The van der Waals surface area contributed by atoms with Crippen molar-refractivity contribution in [1.29, 1.82) is 0 Å². The molecule has 7 rings (SSSR count). The highest BCUT2D eigenvalue weighted by Crippen LogP contribution is 2.31. The number of fused-ring (bicyclic) bond motifs is 2. The number of hydrogen-bond donors (Lipinski definition) is 3. The van der Waals surface area contributed by atoms with Gasteiger partial charge in [-0.05, 0) is 73.6 Å². The van der Waals surface area contributed by atoms with E-state index >= 15 is 0 Å². The molecule has 6 aromatic rings. The average Bonchev–Trinajstić information content (AvgIpc) is 3.65. The van der Waals surface area contributed by atoms with Gasteiger partial charge in [0, 0.05) is 42.7 Å². The molecule has 4 N–H and O–H groups in total. The lowest BCUT2D eigenvalue weighted by atomic mass is 9.88. The molecular formula is C41H40ClF3N8O4. The second-order valence-corrected chi connectivity index (χ2v) is 14.8. The second kappa shape index (κ2) is 16.5. The summed E-state index contributed by atoms with van der Waals surface area (Å²) in [6, 6.07) is 19.8. The molecule has 1 unspecified atom stereocenters. The summed E-state index contributed by atoms with van der Waals surface area (Å²) >= 11 is 6.24. The van der Waals surface area contributed by atoms with Gasteiger partial charge in [0.25, 0.3) is 11.5 Å². The number of hydrogen-bond acceptors (Lipinski definition) is 8. The van der Waals surface area contributed by atoms with E-state index in [2.05, 4.69) is 20.4 Å². The number of aliphatic hydroxyl groups is 1. The Morgan fingerprint density at radius 1 is 0.982 bits per heavy atom. The highest BCUT2D eigenvalue weighted by atomic mass is 35.5. The van der Waals surface area contributed by atoms with Gasteiger partial charge in [0.15, 0.2) is 5.65 Å². The van der Waals surface area contributed by atoms with Crippen molar-refractivity contribution < 1.29 is 27.9 Å². The number of pyridine rings is 1. The third kappa shape index (κ3) is 8.85. The minimum atomic E-state index is -4.59. The molecule has 2 atom stereocenters. The summed E-state index contributed by atoms with van der Waals surface area (Å²) in [4.78, 5) is 50.9. The van der Waals surface area contributed by atoms with Crippen LogP contribution in [0.15, 0.2) is 102 Å². The fourth-order valence-electron chi connectivity index (χ4n) is 7.26. The summed E-state index contributed by atoms with van der Waals surface area (Å²) in [7, 11) is 0. The van der Waals surface area contributed by atoms with Crippen LogP contribution in [0.3, 0.4) is 0 Å². The standard InChI is InChI=1S/C41H40ClF3N8O4/c42-33-14-18-47-34-22-28(10-13-31(33)34)37(54)48-17-4-7-29(21-26-5-2-1-3-6-26)38(55)51-19-15-40(57,16-20-51)24-52-25-49-36-32(39(52)56)23-50-53(36)30-11-8-27(9-12-30)35(46)41(43,44)45/h1-3,5-6,8-14,18,22-23,25,29,35,57H,4,7,15-17,19-21,24,46H2,(H,48,54)/t29?,35-/m0/s1. The maximum Gasteiger partial charge on any atom is 0.407 e. The minimum absolute atomic E-state index is 0.0363. The number of nitrogens with two attached hydrogens (primary N) is 1. The summed E-state index contributed by atoms with van der Waals surface area (Å²) in [6.45, 7) is 0.883. The van der Waals surface area contributed by atoms with Crippen molar-refractivity contribution in [3.05, 3.63) is 130 Å². The number of rotatable bonds is 12. The molecule has 0 radical (unpaired) electrons. The Balaban J connectivity index is 0.969. The maximum atomic E-state index is 14.0. The van der Waals surface area contributed by atoms with E-state index in [0.717, 1.165) is 10.9 Å². The number of nitrogens with zero attached hydrogens (tertiary/aromatic N) is 6. The Kier molecular flexibility index (Phi) is 11.4. The SMILES string of the molecule is N[C@@H](c1ccc(-n2ncc3c(=O)n(CC4(O)CCN(C(=O)C(CCCNC(=O)c5ccc6c(Cl)ccnc6c5)Cc5ccccc5)CC4)cnc32)cc1)C(F)(F)F. The zero-order valence-corrected chi connectivity index (χ0v) is 31.5. The fourth-order valence-corrected chi connectivity index (χ4v) is 7.47. The van der Waals surface area contributed by atoms with Gasteiger partial charge in [-0.3, -0.25) is 23.9 Å². The monoisotopic (exact) mass is 800 g/mol. The van der Waals surface area contributed by atoms with Gasteiger partial charge in [0.2, 0.25) is 5.91 Å². The van der Waals surface area contributed by atoms with Gasteiger partial charge in [-0.25, -0.2) is 9.67 Å². The number of piperidine rings is 1. The molecule has 296 valence electrons. The largest absolute Gasteiger partial charge is 0.407 e. The number of alkyl halides is 3. The molecule has 1 saturated heterocycles. The van der Waals surface area contributed by atoms with Crippen LogP contribution in [0, 0.1) is 5.92 Å². The lowest BCUT2D eigenvalue weighted by molar-refractivity contribution is -0.149. The van der Waals surface area contributed by atoms with Crippen LogP contribution in [-0.2, 0) is 17.8 Å². The zero-order chi connectivity index (χ0) is 40.3. The van der Waals surface area contributed by atoms with Gasteiger partial charge >= 0.3 is 6.18 Å². The van der Waals surface area contributed by atoms with Crippen molar-refractivity contribution in [3.63, 3.8) is 0 Å². The fraction of sp³-hybridized carbons (Fsp3) is 0.317. The molecule has 4 heterocycles. The Morgan fingerprint density at radius 3 is 2.44 bits per heavy atom. The molecule has 16 heteroatoms. The van der Waals surface area contributed by atoms with E-state index < -0.39 is 23.4 Å². The Bertz CT molecular complexity index is 2450. The molecular weight excluding hydrogens is 761 g/mol. The van der Waals surface area contributed by atoms with Crippen molar-refractivity contribution >= 4 is 45.4 Å². The average molecular weight is 801 g/mol. The number of aromatic nitrogens is 5. The van der Waals surface area contributed by atoms with E-state index in [1.54, 1.807) is 35.4 Å². The van der Waals surface area contributed by atoms with Crippen LogP contribution in [0.5, 0.6) is 0 Å². The molecule has 1 fully saturated rings. The van der Waals surface area contributed by atoms with Crippen LogP contribution < -0.4 is 16.6 Å². The third-order valence-electron chi connectivity index (χ3n) is 10.5. The van der Waals surface area contributed by atoms with Crippen molar-refractivity contribution in [2.24, 2.45) is 11.7 Å². The highest BCUT2D eigenvalue weighted by molar-refractivity contribution is 6.35. The van der Waals surface area contributed by atoms with Crippen molar-refractivity contribution in [2.75, 3.05) is 19.6 Å². The summed E-state index contributed by atoms with van der Waals surface area (Å²) in [5, 5.41) is 20.3. The van der Waals surface area contributed by atoms with Crippen LogP contribution in [0.25, 0.3) is 27.6 Å². The van der Waals surface area contributed by atoms with Gasteiger partial charge in [0.1, 0.15) is 17.8 Å². The number of halogens is 4. The van der Waals surface area contributed by atoms with Crippen molar-refractivity contribution in [1.82, 2.24) is 34.5 Å². The lowest BCUT2D eigenvalue weighted by Gasteiger charge is -2.39. The quantitative estimate of drug-likeness (QED) is 0.132. The number of likely N-dealkylation sites (tertiary alicyclic amines) is 1. The normalized spacial score (nSPS) is 15.4. The first-order valence-corrected chi connectivity index (χ1v) is 18.9. The summed E-state index contributed by atoms with van der Waals surface area (Å²) in [5.41, 5.74) is 6.18. The van der Waals surface area contributed by atoms with E-state index in [4.69, 9.17) is 17.3 Å². The molecule has 3 aromatic heterocycles. The predicted octanol–water partition coefficient (Wildman–Crippen LogP) is 5.77. The maximum absolute atomic E-state index is 14.0. The third-order valence-corrected chi connectivity index (χ3v) is 10.8. The van der Waals surface area contributed by atoms with Crippen LogP contribution >= 0.6 is 11.6 Å². The molecule has 12 nitrogen and oxygen atoms in total. The van der Waals surface area contributed by atoms with E-state index in [1.807, 2.05) is 30.3 Å². The van der Waals surface area contributed by atoms with Gasteiger partial charge in [0.05, 0.1) is 34.6 Å². The molecule has 0 aliphatic carbocycles. The summed E-state index contributed by atoms with van der Waals surface area (Å²) < 4.78 is 41.9. The topological polar surface area (TPSA) is 161 Å². The minimum Gasteiger partial charge on any atom is -0.388 e.